The van der Waals surface area contributed by atoms with Gasteiger partial charge < -0.3 is 10.1 Å². The van der Waals surface area contributed by atoms with Crippen molar-refractivity contribution in [2.75, 3.05) is 6.61 Å². The number of ether oxygens (including phenoxy) is 1. The Kier molecular flexibility index (Phi) is 3.64. The molecule has 1 N–H and O–H groups in total. The normalized spacial score (nSPS) is 22.9. The predicted octanol–water partition coefficient (Wildman–Crippen LogP) is 1.13. The van der Waals surface area contributed by atoms with Crippen LogP contribution in [0.1, 0.15) is 25.5 Å². The van der Waals surface area contributed by atoms with Crippen LogP contribution in [-0.2, 0) is 11.3 Å². The molecule has 1 saturated heterocycles. The Morgan fingerprint density at radius 3 is 3.27 bits per heavy atom. The molecular weight excluding hydrogens is 190 g/mol. The zero-order valence-corrected chi connectivity index (χ0v) is 9.02. The largest absolute Gasteiger partial charge is 0.377 e. The van der Waals surface area contributed by atoms with Crippen molar-refractivity contribution in [3.63, 3.8) is 0 Å². The van der Waals surface area contributed by atoms with Crippen molar-refractivity contribution in [1.82, 2.24) is 15.3 Å². The minimum atomic E-state index is 0.367. The lowest BCUT2D eigenvalue weighted by Gasteiger charge is -2.19. The highest BCUT2D eigenvalue weighted by atomic mass is 16.5. The van der Waals surface area contributed by atoms with Gasteiger partial charge in [0, 0.05) is 25.4 Å². The Morgan fingerprint density at radius 1 is 1.67 bits per heavy atom. The smallest absolute Gasteiger partial charge is 0.115 e. The summed E-state index contributed by atoms with van der Waals surface area (Å²) in [7, 11) is 0. The van der Waals surface area contributed by atoms with Crippen molar-refractivity contribution in [1.29, 1.82) is 0 Å². The molecule has 0 bridgehead atoms. The summed E-state index contributed by atoms with van der Waals surface area (Å²) in [5.74, 6) is 0. The van der Waals surface area contributed by atoms with Gasteiger partial charge in [0.05, 0.1) is 11.8 Å². The Morgan fingerprint density at radius 2 is 2.60 bits per heavy atom. The Hall–Kier alpha value is -1.00. The molecule has 4 nitrogen and oxygen atoms in total. The number of hydrogen-bond donors (Lipinski definition) is 1. The highest BCUT2D eigenvalue weighted by Gasteiger charge is 2.21. The third kappa shape index (κ3) is 2.97. The van der Waals surface area contributed by atoms with Gasteiger partial charge in [-0.25, -0.2) is 9.97 Å². The molecule has 2 atom stereocenters. The van der Waals surface area contributed by atoms with Gasteiger partial charge in [0.15, 0.2) is 0 Å². The zero-order valence-electron chi connectivity index (χ0n) is 9.02. The van der Waals surface area contributed by atoms with E-state index >= 15 is 0 Å². The van der Waals surface area contributed by atoms with Gasteiger partial charge in [-0.1, -0.05) is 0 Å². The molecule has 4 heteroatoms. The van der Waals surface area contributed by atoms with E-state index in [1.54, 1.807) is 12.5 Å². The number of aromatic nitrogens is 2. The summed E-state index contributed by atoms with van der Waals surface area (Å²) in [6.45, 7) is 3.85. The van der Waals surface area contributed by atoms with E-state index in [0.29, 0.717) is 12.1 Å². The van der Waals surface area contributed by atoms with Gasteiger partial charge in [0.25, 0.3) is 0 Å². The summed E-state index contributed by atoms with van der Waals surface area (Å²) in [5, 5.41) is 3.43. The molecule has 82 valence electrons. The summed E-state index contributed by atoms with van der Waals surface area (Å²) < 4.78 is 5.61. The minimum Gasteiger partial charge on any atom is -0.377 e. The molecule has 1 fully saturated rings. The van der Waals surface area contributed by atoms with Crippen LogP contribution >= 0.6 is 0 Å². The Labute approximate surface area is 90.1 Å². The van der Waals surface area contributed by atoms with Crippen molar-refractivity contribution in [3.8, 4) is 0 Å². The van der Waals surface area contributed by atoms with E-state index in [-0.39, 0.29) is 0 Å². The van der Waals surface area contributed by atoms with E-state index in [2.05, 4.69) is 22.2 Å². The van der Waals surface area contributed by atoms with Crippen LogP contribution < -0.4 is 5.32 Å². The number of hydrogen-bond acceptors (Lipinski definition) is 4. The molecule has 2 heterocycles. The zero-order chi connectivity index (χ0) is 10.5. The van der Waals surface area contributed by atoms with E-state index in [4.69, 9.17) is 4.74 Å². The maximum Gasteiger partial charge on any atom is 0.115 e. The second-order valence-electron chi connectivity index (χ2n) is 3.92. The molecule has 0 aromatic carbocycles. The van der Waals surface area contributed by atoms with E-state index < -0.39 is 0 Å². The summed E-state index contributed by atoms with van der Waals surface area (Å²) in [6.07, 6.45) is 6.06. The second-order valence-corrected chi connectivity index (χ2v) is 3.92. The summed E-state index contributed by atoms with van der Waals surface area (Å²) in [6, 6.07) is 2.32. The van der Waals surface area contributed by atoms with Gasteiger partial charge in [0.1, 0.15) is 6.33 Å². The molecule has 15 heavy (non-hydrogen) atoms. The molecule has 1 aliphatic rings. The van der Waals surface area contributed by atoms with Gasteiger partial charge in [-0.05, 0) is 25.8 Å². The highest BCUT2D eigenvalue weighted by molar-refractivity contribution is 4.97. The molecule has 2 unspecified atom stereocenters. The van der Waals surface area contributed by atoms with E-state index in [1.807, 2.05) is 6.07 Å². The topological polar surface area (TPSA) is 47.0 Å². The molecule has 1 aromatic rings. The molecule has 0 amide bonds. The van der Waals surface area contributed by atoms with Gasteiger partial charge in [-0.2, -0.15) is 0 Å². The fourth-order valence-corrected chi connectivity index (χ4v) is 1.82. The average Bonchev–Trinajstić information content (AvgIpc) is 2.81. The summed E-state index contributed by atoms with van der Waals surface area (Å²) >= 11 is 0. The van der Waals surface area contributed by atoms with E-state index in [9.17, 15) is 0 Å². The maximum atomic E-state index is 5.61. The van der Waals surface area contributed by atoms with Gasteiger partial charge in [-0.3, -0.25) is 0 Å². The van der Waals surface area contributed by atoms with Crippen molar-refractivity contribution < 1.29 is 4.74 Å². The van der Waals surface area contributed by atoms with Crippen LogP contribution in [0.2, 0.25) is 0 Å². The standard InChI is InChI=1S/C11H17N3O/c1-9(11-3-2-6-15-11)13-7-10-4-5-12-8-14-10/h4-5,8-9,11,13H,2-3,6-7H2,1H3. The number of rotatable bonds is 4. The van der Waals surface area contributed by atoms with Crippen molar-refractivity contribution in [2.24, 2.45) is 0 Å². The van der Waals surface area contributed by atoms with Crippen LogP contribution in [0.5, 0.6) is 0 Å². The van der Waals surface area contributed by atoms with Crippen LogP contribution in [-0.4, -0.2) is 28.7 Å². The first-order valence-electron chi connectivity index (χ1n) is 5.46. The third-order valence-electron chi connectivity index (χ3n) is 2.77. The fraction of sp³-hybridized carbons (Fsp3) is 0.636. The quantitative estimate of drug-likeness (QED) is 0.804. The molecule has 2 rings (SSSR count). The fourth-order valence-electron chi connectivity index (χ4n) is 1.82. The summed E-state index contributed by atoms with van der Waals surface area (Å²) in [5.41, 5.74) is 1.02. The lowest BCUT2D eigenvalue weighted by Crippen LogP contribution is -2.36. The number of nitrogens with one attached hydrogen (secondary N) is 1. The predicted molar refractivity (Wildman–Crippen MR) is 57.3 cm³/mol. The third-order valence-corrected chi connectivity index (χ3v) is 2.77. The lowest BCUT2D eigenvalue weighted by atomic mass is 10.1. The molecule has 0 saturated carbocycles. The van der Waals surface area contributed by atoms with E-state index in [0.717, 1.165) is 25.3 Å². The first-order chi connectivity index (χ1) is 7.36. The average molecular weight is 207 g/mol. The highest BCUT2D eigenvalue weighted by Crippen LogP contribution is 2.15. The molecular formula is C11H17N3O. The van der Waals surface area contributed by atoms with Crippen LogP contribution in [0.3, 0.4) is 0 Å². The molecule has 0 radical (unpaired) electrons. The summed E-state index contributed by atoms with van der Waals surface area (Å²) in [4.78, 5) is 8.05. The maximum absolute atomic E-state index is 5.61. The molecule has 0 aliphatic carbocycles. The molecule has 1 aliphatic heterocycles. The van der Waals surface area contributed by atoms with Gasteiger partial charge in [-0.15, -0.1) is 0 Å². The van der Waals surface area contributed by atoms with Gasteiger partial charge in [0.2, 0.25) is 0 Å². The van der Waals surface area contributed by atoms with Crippen LogP contribution in [0.4, 0.5) is 0 Å². The van der Waals surface area contributed by atoms with E-state index in [1.165, 1.54) is 6.42 Å². The SMILES string of the molecule is CC(NCc1ccncn1)C1CCCO1. The second kappa shape index (κ2) is 5.19. The van der Waals surface area contributed by atoms with Crippen LogP contribution in [0, 0.1) is 0 Å². The van der Waals surface area contributed by atoms with Crippen LogP contribution in [0.15, 0.2) is 18.6 Å². The minimum absolute atomic E-state index is 0.367. The van der Waals surface area contributed by atoms with Crippen molar-refractivity contribution in [3.05, 3.63) is 24.3 Å². The van der Waals surface area contributed by atoms with Crippen molar-refractivity contribution >= 4 is 0 Å². The monoisotopic (exact) mass is 207 g/mol. The molecule has 1 aromatic heterocycles. The Balaban J connectivity index is 1.77. The number of nitrogens with zero attached hydrogens (tertiary/aromatic N) is 2. The molecule has 0 spiro atoms. The van der Waals surface area contributed by atoms with Crippen LogP contribution in [0.25, 0.3) is 0 Å². The lowest BCUT2D eigenvalue weighted by molar-refractivity contribution is 0.0831. The van der Waals surface area contributed by atoms with Gasteiger partial charge >= 0.3 is 0 Å². The van der Waals surface area contributed by atoms with Crippen molar-refractivity contribution in [2.45, 2.75) is 38.5 Å². The first-order valence-corrected chi connectivity index (χ1v) is 5.46. The first kappa shape index (κ1) is 10.5. The Bertz CT molecular complexity index is 285.